The van der Waals surface area contributed by atoms with E-state index >= 15 is 0 Å². The number of rotatable bonds is 11. The molecule has 3 amide bonds. The van der Waals surface area contributed by atoms with E-state index in [0.717, 1.165) is 24.0 Å². The van der Waals surface area contributed by atoms with Crippen LogP contribution in [0.3, 0.4) is 0 Å². The smallest absolute Gasteiger partial charge is 0.276 e. The summed E-state index contributed by atoms with van der Waals surface area (Å²) in [5.74, 6) is -0.284. The first-order valence-electron chi connectivity index (χ1n) is 11.4. The molecule has 3 aromatic carbocycles. The lowest BCUT2D eigenvalue weighted by molar-refractivity contribution is -0.129. The van der Waals surface area contributed by atoms with Gasteiger partial charge in [0.25, 0.3) is 17.7 Å². The second-order valence-electron chi connectivity index (χ2n) is 7.66. The van der Waals surface area contributed by atoms with E-state index in [2.05, 4.69) is 23.1 Å². The van der Waals surface area contributed by atoms with Gasteiger partial charge in [-0.15, -0.1) is 0 Å². The summed E-state index contributed by atoms with van der Waals surface area (Å²) in [5, 5.41) is 2.50. The molecule has 8 heteroatoms. The van der Waals surface area contributed by atoms with Crippen molar-refractivity contribution >= 4 is 17.7 Å². The monoisotopic (exact) mass is 475 g/mol. The van der Waals surface area contributed by atoms with Gasteiger partial charge in [0, 0.05) is 11.1 Å². The van der Waals surface area contributed by atoms with Gasteiger partial charge < -0.3 is 14.8 Å². The van der Waals surface area contributed by atoms with Gasteiger partial charge in [-0.25, -0.2) is 0 Å². The highest BCUT2D eigenvalue weighted by atomic mass is 16.5. The van der Waals surface area contributed by atoms with Crippen LogP contribution in [0.25, 0.3) is 11.1 Å². The Morgan fingerprint density at radius 2 is 1.46 bits per heavy atom. The second-order valence-corrected chi connectivity index (χ2v) is 7.66. The van der Waals surface area contributed by atoms with Crippen LogP contribution in [-0.2, 0) is 9.59 Å². The fourth-order valence-corrected chi connectivity index (χ4v) is 3.11. The lowest BCUT2D eigenvalue weighted by Gasteiger charge is -2.12. The zero-order valence-electron chi connectivity index (χ0n) is 19.6. The molecule has 0 saturated carbocycles. The average Bonchev–Trinajstić information content (AvgIpc) is 2.90. The lowest BCUT2D eigenvalue weighted by Crippen LogP contribution is -2.47. The number of amides is 3. The van der Waals surface area contributed by atoms with E-state index in [0.29, 0.717) is 23.7 Å². The van der Waals surface area contributed by atoms with E-state index in [1.807, 2.05) is 48.5 Å². The Balaban J connectivity index is 1.39. The molecule has 0 spiro atoms. The first-order valence-corrected chi connectivity index (χ1v) is 11.4. The molecule has 0 fully saturated rings. The standard InChI is InChI=1S/C27H29N3O5/c1-2-3-17-34-22-15-13-21(14-16-22)27(33)28-18-25(31)29-30-26(32)19-35-24-12-8-7-11-23(24)20-9-5-4-6-10-20/h4-16H,2-3,17-19H2,1H3,(H,28,33)(H,29,31)(H,30,32). The summed E-state index contributed by atoms with van der Waals surface area (Å²) in [6.07, 6.45) is 2.00. The summed E-state index contributed by atoms with van der Waals surface area (Å²) >= 11 is 0. The van der Waals surface area contributed by atoms with Crippen LogP contribution in [-0.4, -0.2) is 37.5 Å². The molecule has 0 unspecified atom stereocenters. The summed E-state index contributed by atoms with van der Waals surface area (Å²) < 4.78 is 11.2. The molecule has 182 valence electrons. The van der Waals surface area contributed by atoms with Gasteiger partial charge in [0.05, 0.1) is 13.2 Å². The number of carbonyl (C=O) groups is 3. The van der Waals surface area contributed by atoms with Crippen LogP contribution in [0.15, 0.2) is 78.9 Å². The quantitative estimate of drug-likeness (QED) is 0.291. The van der Waals surface area contributed by atoms with Gasteiger partial charge in [0.15, 0.2) is 6.61 Å². The number of unbranched alkanes of at least 4 members (excludes halogenated alkanes) is 1. The van der Waals surface area contributed by atoms with E-state index in [1.165, 1.54) is 0 Å². The highest BCUT2D eigenvalue weighted by Gasteiger charge is 2.11. The van der Waals surface area contributed by atoms with Crippen LogP contribution in [0.2, 0.25) is 0 Å². The molecule has 0 aliphatic heterocycles. The highest BCUT2D eigenvalue weighted by molar-refractivity contribution is 5.96. The zero-order valence-corrected chi connectivity index (χ0v) is 19.6. The number of para-hydroxylation sites is 1. The normalized spacial score (nSPS) is 10.2. The number of nitrogens with one attached hydrogen (secondary N) is 3. The van der Waals surface area contributed by atoms with Crippen molar-refractivity contribution in [2.75, 3.05) is 19.8 Å². The molecule has 3 rings (SSSR count). The van der Waals surface area contributed by atoms with Crippen molar-refractivity contribution in [2.45, 2.75) is 19.8 Å². The van der Waals surface area contributed by atoms with Crippen molar-refractivity contribution in [2.24, 2.45) is 0 Å². The molecule has 8 nitrogen and oxygen atoms in total. The van der Waals surface area contributed by atoms with Gasteiger partial charge in [-0.1, -0.05) is 61.9 Å². The first kappa shape index (κ1) is 25.3. The molecule has 3 N–H and O–H groups in total. The van der Waals surface area contributed by atoms with Crippen molar-refractivity contribution in [3.8, 4) is 22.6 Å². The molecule has 0 heterocycles. The van der Waals surface area contributed by atoms with Crippen LogP contribution in [0, 0.1) is 0 Å². The Hall–Kier alpha value is -4.33. The number of hydrogen-bond acceptors (Lipinski definition) is 5. The van der Waals surface area contributed by atoms with Crippen molar-refractivity contribution in [3.05, 3.63) is 84.4 Å². The maximum Gasteiger partial charge on any atom is 0.276 e. The Morgan fingerprint density at radius 1 is 0.771 bits per heavy atom. The Morgan fingerprint density at radius 3 is 2.20 bits per heavy atom. The van der Waals surface area contributed by atoms with E-state index in [9.17, 15) is 14.4 Å². The maximum absolute atomic E-state index is 12.2. The van der Waals surface area contributed by atoms with Crippen LogP contribution < -0.4 is 25.6 Å². The minimum Gasteiger partial charge on any atom is -0.494 e. The predicted octanol–water partition coefficient (Wildman–Crippen LogP) is 3.49. The van der Waals surface area contributed by atoms with Gasteiger partial charge in [-0.3, -0.25) is 25.2 Å². The van der Waals surface area contributed by atoms with Crippen LogP contribution >= 0.6 is 0 Å². The van der Waals surface area contributed by atoms with Crippen LogP contribution in [0.1, 0.15) is 30.1 Å². The predicted molar refractivity (Wildman–Crippen MR) is 133 cm³/mol. The molecule has 0 saturated heterocycles. The molecule has 0 aliphatic rings. The fraction of sp³-hybridized carbons (Fsp3) is 0.222. The molecule has 0 radical (unpaired) electrons. The number of carbonyl (C=O) groups excluding carboxylic acids is 3. The van der Waals surface area contributed by atoms with E-state index < -0.39 is 17.7 Å². The molecule has 0 atom stereocenters. The molecular weight excluding hydrogens is 446 g/mol. The third kappa shape index (κ3) is 8.19. The number of hydrogen-bond donors (Lipinski definition) is 3. The maximum atomic E-state index is 12.2. The van der Waals surface area contributed by atoms with Crippen molar-refractivity contribution < 1.29 is 23.9 Å². The van der Waals surface area contributed by atoms with Crippen molar-refractivity contribution in [1.82, 2.24) is 16.2 Å². The van der Waals surface area contributed by atoms with Crippen molar-refractivity contribution in [3.63, 3.8) is 0 Å². The second kappa shape index (κ2) is 13.4. The Labute approximate surface area is 204 Å². The zero-order chi connectivity index (χ0) is 24.9. The van der Waals surface area contributed by atoms with Gasteiger partial charge >= 0.3 is 0 Å². The molecule has 3 aromatic rings. The number of hydrazine groups is 1. The summed E-state index contributed by atoms with van der Waals surface area (Å²) in [4.78, 5) is 36.3. The van der Waals surface area contributed by atoms with E-state index in [4.69, 9.17) is 9.47 Å². The Bertz CT molecular complexity index is 1120. The topological polar surface area (TPSA) is 106 Å². The summed E-state index contributed by atoms with van der Waals surface area (Å²) in [5.41, 5.74) is 6.75. The molecular formula is C27H29N3O5. The highest BCUT2D eigenvalue weighted by Crippen LogP contribution is 2.29. The summed E-state index contributed by atoms with van der Waals surface area (Å²) in [7, 11) is 0. The van der Waals surface area contributed by atoms with Gasteiger partial charge in [-0.2, -0.15) is 0 Å². The van der Waals surface area contributed by atoms with Gasteiger partial charge in [0.1, 0.15) is 11.5 Å². The minimum atomic E-state index is -0.573. The third-order valence-electron chi connectivity index (χ3n) is 4.96. The molecule has 0 aliphatic carbocycles. The molecule has 0 bridgehead atoms. The van der Waals surface area contributed by atoms with Crippen LogP contribution in [0.5, 0.6) is 11.5 Å². The van der Waals surface area contributed by atoms with E-state index in [-0.39, 0.29) is 13.2 Å². The largest absolute Gasteiger partial charge is 0.494 e. The molecule has 0 aromatic heterocycles. The van der Waals surface area contributed by atoms with Gasteiger partial charge in [0.2, 0.25) is 0 Å². The van der Waals surface area contributed by atoms with Gasteiger partial charge in [-0.05, 0) is 42.3 Å². The van der Waals surface area contributed by atoms with E-state index in [1.54, 1.807) is 30.3 Å². The van der Waals surface area contributed by atoms with Crippen molar-refractivity contribution in [1.29, 1.82) is 0 Å². The van der Waals surface area contributed by atoms with Crippen LogP contribution in [0.4, 0.5) is 0 Å². The first-order chi connectivity index (χ1) is 17.1. The minimum absolute atomic E-state index is 0.289. The fourth-order valence-electron chi connectivity index (χ4n) is 3.11. The lowest BCUT2D eigenvalue weighted by atomic mass is 10.1. The summed E-state index contributed by atoms with van der Waals surface area (Å²) in [6.45, 7) is 2.12. The number of benzene rings is 3. The Kier molecular flexibility index (Phi) is 9.68. The third-order valence-corrected chi connectivity index (χ3v) is 4.96. The average molecular weight is 476 g/mol. The SMILES string of the molecule is CCCCOc1ccc(C(=O)NCC(=O)NNC(=O)COc2ccccc2-c2ccccc2)cc1. The molecule has 35 heavy (non-hydrogen) atoms. The number of ether oxygens (including phenoxy) is 2. The summed E-state index contributed by atoms with van der Waals surface area (Å²) in [6, 6.07) is 23.7.